The summed E-state index contributed by atoms with van der Waals surface area (Å²) < 4.78 is 0. The summed E-state index contributed by atoms with van der Waals surface area (Å²) in [7, 11) is 0. The summed E-state index contributed by atoms with van der Waals surface area (Å²) in [5, 5.41) is 3.17. The lowest BCUT2D eigenvalue weighted by molar-refractivity contribution is -0.121. The van der Waals surface area contributed by atoms with Gasteiger partial charge in [0.1, 0.15) is 0 Å². The van der Waals surface area contributed by atoms with Crippen molar-refractivity contribution in [2.75, 3.05) is 0 Å². The van der Waals surface area contributed by atoms with Crippen LogP contribution in [0.4, 0.5) is 0 Å². The van der Waals surface area contributed by atoms with Crippen molar-refractivity contribution in [1.82, 2.24) is 5.32 Å². The number of rotatable bonds is 8. The molecule has 128 valence electrons. The van der Waals surface area contributed by atoms with Crippen molar-refractivity contribution in [1.29, 1.82) is 0 Å². The molecule has 0 saturated heterocycles. The molecule has 1 amide bonds. The fourth-order valence-corrected chi connectivity index (χ4v) is 3.26. The van der Waals surface area contributed by atoms with Crippen LogP contribution in [-0.2, 0) is 17.6 Å². The second-order valence-electron chi connectivity index (χ2n) is 6.65. The minimum absolute atomic E-state index is 0.0666. The lowest BCUT2D eigenvalue weighted by atomic mass is 9.86. The van der Waals surface area contributed by atoms with E-state index in [2.05, 4.69) is 73.8 Å². The SMILES string of the molecule is CCC(CC)(CCc1ccc(Cc2ccccc2)cc1)NC(C)=O. The van der Waals surface area contributed by atoms with E-state index in [9.17, 15) is 4.79 Å². The van der Waals surface area contributed by atoms with E-state index in [1.807, 2.05) is 0 Å². The third-order valence-corrected chi connectivity index (χ3v) is 4.96. The normalized spacial score (nSPS) is 11.3. The van der Waals surface area contributed by atoms with Crippen molar-refractivity contribution in [3.63, 3.8) is 0 Å². The van der Waals surface area contributed by atoms with Crippen LogP contribution in [0.1, 0.15) is 56.7 Å². The van der Waals surface area contributed by atoms with E-state index in [1.165, 1.54) is 16.7 Å². The first kappa shape index (κ1) is 18.3. The number of benzene rings is 2. The number of carbonyl (C=O) groups is 1. The predicted molar refractivity (Wildman–Crippen MR) is 101 cm³/mol. The van der Waals surface area contributed by atoms with Crippen molar-refractivity contribution >= 4 is 5.91 Å². The average Bonchev–Trinajstić information content (AvgIpc) is 2.60. The highest BCUT2D eigenvalue weighted by Crippen LogP contribution is 2.23. The van der Waals surface area contributed by atoms with Crippen LogP contribution in [-0.4, -0.2) is 11.4 Å². The minimum atomic E-state index is -0.0749. The fourth-order valence-electron chi connectivity index (χ4n) is 3.26. The molecular weight excluding hydrogens is 294 g/mol. The predicted octanol–water partition coefficient (Wildman–Crippen LogP) is 4.90. The van der Waals surface area contributed by atoms with Crippen LogP contribution in [0.25, 0.3) is 0 Å². The summed E-state index contributed by atoms with van der Waals surface area (Å²) in [5.41, 5.74) is 3.94. The first-order valence-corrected chi connectivity index (χ1v) is 8.97. The molecular formula is C22H29NO. The van der Waals surface area contributed by atoms with Crippen LogP contribution in [0.15, 0.2) is 54.6 Å². The van der Waals surface area contributed by atoms with E-state index < -0.39 is 0 Å². The Morgan fingerprint density at radius 1 is 0.875 bits per heavy atom. The van der Waals surface area contributed by atoms with Gasteiger partial charge in [-0.1, -0.05) is 68.4 Å². The molecule has 2 aromatic rings. The van der Waals surface area contributed by atoms with Gasteiger partial charge < -0.3 is 5.32 Å². The summed E-state index contributed by atoms with van der Waals surface area (Å²) in [6.07, 6.45) is 4.89. The maximum absolute atomic E-state index is 11.5. The summed E-state index contributed by atoms with van der Waals surface area (Å²) in [5.74, 6) is 0.0666. The zero-order valence-corrected chi connectivity index (χ0v) is 15.1. The van der Waals surface area contributed by atoms with E-state index in [4.69, 9.17) is 0 Å². The summed E-state index contributed by atoms with van der Waals surface area (Å²) in [6, 6.07) is 19.4. The highest BCUT2D eigenvalue weighted by molar-refractivity contribution is 5.73. The Hall–Kier alpha value is -2.09. The number of nitrogens with one attached hydrogen (secondary N) is 1. The smallest absolute Gasteiger partial charge is 0.217 e. The Morgan fingerprint density at radius 3 is 1.96 bits per heavy atom. The molecule has 0 atom stereocenters. The fraction of sp³-hybridized carbons (Fsp3) is 0.409. The molecule has 0 saturated carbocycles. The first-order valence-electron chi connectivity index (χ1n) is 8.97. The Labute approximate surface area is 146 Å². The molecule has 0 spiro atoms. The third-order valence-electron chi connectivity index (χ3n) is 4.96. The quantitative estimate of drug-likeness (QED) is 0.735. The van der Waals surface area contributed by atoms with Gasteiger partial charge in [0.25, 0.3) is 0 Å². The number of hydrogen-bond acceptors (Lipinski definition) is 1. The molecule has 0 heterocycles. The standard InChI is InChI=1S/C22H29NO/c1-4-22(5-2,23-18(3)24)16-15-19-11-13-21(14-12-19)17-20-9-7-6-8-10-20/h6-14H,4-5,15-17H2,1-3H3,(H,23,24). The van der Waals surface area contributed by atoms with Gasteiger partial charge in [-0.05, 0) is 48.8 Å². The topological polar surface area (TPSA) is 29.1 Å². The average molecular weight is 323 g/mol. The van der Waals surface area contributed by atoms with Gasteiger partial charge in [-0.2, -0.15) is 0 Å². The number of hydrogen-bond donors (Lipinski definition) is 1. The molecule has 2 nitrogen and oxygen atoms in total. The van der Waals surface area contributed by atoms with Crippen LogP contribution in [0, 0.1) is 0 Å². The highest BCUT2D eigenvalue weighted by Gasteiger charge is 2.26. The maximum Gasteiger partial charge on any atom is 0.217 e. The molecule has 0 aliphatic heterocycles. The van der Waals surface area contributed by atoms with Crippen LogP contribution in [0.3, 0.4) is 0 Å². The first-order chi connectivity index (χ1) is 11.6. The molecule has 0 unspecified atom stereocenters. The van der Waals surface area contributed by atoms with E-state index in [0.717, 1.165) is 32.1 Å². The van der Waals surface area contributed by atoms with Crippen molar-refractivity contribution in [2.45, 2.75) is 58.4 Å². The molecule has 2 rings (SSSR count). The summed E-state index contributed by atoms with van der Waals surface area (Å²) in [4.78, 5) is 11.5. The van der Waals surface area contributed by atoms with Crippen molar-refractivity contribution in [3.8, 4) is 0 Å². The van der Waals surface area contributed by atoms with Gasteiger partial charge in [-0.25, -0.2) is 0 Å². The van der Waals surface area contributed by atoms with E-state index in [-0.39, 0.29) is 11.4 Å². The largest absolute Gasteiger partial charge is 0.351 e. The molecule has 0 aliphatic carbocycles. The van der Waals surface area contributed by atoms with Gasteiger partial charge in [0.05, 0.1) is 0 Å². The molecule has 0 radical (unpaired) electrons. The van der Waals surface area contributed by atoms with Gasteiger partial charge in [0.2, 0.25) is 5.91 Å². The highest BCUT2D eigenvalue weighted by atomic mass is 16.1. The second-order valence-corrected chi connectivity index (χ2v) is 6.65. The van der Waals surface area contributed by atoms with Crippen LogP contribution < -0.4 is 5.32 Å². The second kappa shape index (κ2) is 8.68. The summed E-state index contributed by atoms with van der Waals surface area (Å²) >= 11 is 0. The Bertz CT molecular complexity index is 627. The monoisotopic (exact) mass is 323 g/mol. The van der Waals surface area contributed by atoms with E-state index >= 15 is 0 Å². The zero-order chi connectivity index (χ0) is 17.4. The van der Waals surface area contributed by atoms with Gasteiger partial charge in [-0.3, -0.25) is 4.79 Å². The molecule has 0 bridgehead atoms. The van der Waals surface area contributed by atoms with Crippen molar-refractivity contribution in [2.24, 2.45) is 0 Å². The Morgan fingerprint density at radius 2 is 1.42 bits per heavy atom. The molecule has 0 fully saturated rings. The Kier molecular flexibility index (Phi) is 6.60. The number of amides is 1. The van der Waals surface area contributed by atoms with Crippen LogP contribution >= 0.6 is 0 Å². The van der Waals surface area contributed by atoms with E-state index in [0.29, 0.717) is 0 Å². The van der Waals surface area contributed by atoms with E-state index in [1.54, 1.807) is 6.92 Å². The van der Waals surface area contributed by atoms with Crippen LogP contribution in [0.5, 0.6) is 0 Å². The molecule has 0 aliphatic rings. The third kappa shape index (κ3) is 5.23. The van der Waals surface area contributed by atoms with Gasteiger partial charge >= 0.3 is 0 Å². The number of carbonyl (C=O) groups excluding carboxylic acids is 1. The molecule has 24 heavy (non-hydrogen) atoms. The number of aryl methyl sites for hydroxylation is 1. The molecule has 2 aromatic carbocycles. The zero-order valence-electron chi connectivity index (χ0n) is 15.1. The van der Waals surface area contributed by atoms with Gasteiger partial charge in [0, 0.05) is 12.5 Å². The lowest BCUT2D eigenvalue weighted by Crippen LogP contribution is -2.47. The van der Waals surface area contributed by atoms with Crippen molar-refractivity contribution in [3.05, 3.63) is 71.3 Å². The molecule has 1 N–H and O–H groups in total. The van der Waals surface area contributed by atoms with Crippen molar-refractivity contribution < 1.29 is 4.79 Å². The van der Waals surface area contributed by atoms with Crippen LogP contribution in [0.2, 0.25) is 0 Å². The maximum atomic E-state index is 11.5. The molecule has 0 aromatic heterocycles. The minimum Gasteiger partial charge on any atom is -0.351 e. The summed E-state index contributed by atoms with van der Waals surface area (Å²) in [6.45, 7) is 5.92. The molecule has 2 heteroatoms. The Balaban J connectivity index is 1.97. The van der Waals surface area contributed by atoms with Gasteiger partial charge in [-0.15, -0.1) is 0 Å². The lowest BCUT2D eigenvalue weighted by Gasteiger charge is -2.32. The van der Waals surface area contributed by atoms with Gasteiger partial charge in [0.15, 0.2) is 0 Å².